The molecule has 0 spiro atoms. The average Bonchev–Trinajstić information content (AvgIpc) is 2.57. The Hall–Kier alpha value is -2.47. The normalized spacial score (nSPS) is 12.0. The van der Waals surface area contributed by atoms with Crippen LogP contribution >= 0.6 is 0 Å². The van der Waals surface area contributed by atoms with Crippen LogP contribution in [0.25, 0.3) is 0 Å². The molecule has 6 heteroatoms. The Labute approximate surface area is 136 Å². The van der Waals surface area contributed by atoms with Crippen LogP contribution in [0.4, 0.5) is 5.95 Å². The zero-order valence-corrected chi connectivity index (χ0v) is 13.7. The summed E-state index contributed by atoms with van der Waals surface area (Å²) in [7, 11) is 1.90. The number of carbonyl (C=O) groups is 1. The van der Waals surface area contributed by atoms with Gasteiger partial charge in [0.25, 0.3) is 0 Å². The molecule has 1 aromatic carbocycles. The number of anilines is 1. The van der Waals surface area contributed by atoms with Crippen molar-refractivity contribution in [3.8, 4) is 5.75 Å². The van der Waals surface area contributed by atoms with Crippen molar-refractivity contribution in [1.82, 2.24) is 14.9 Å². The molecule has 0 bridgehead atoms. The third kappa shape index (κ3) is 4.75. The van der Waals surface area contributed by atoms with Crippen LogP contribution in [-0.4, -0.2) is 40.5 Å². The minimum Gasteiger partial charge on any atom is -0.494 e. The number of nitrogens with one attached hydrogen (secondary N) is 1. The molecule has 1 amide bonds. The van der Waals surface area contributed by atoms with Crippen molar-refractivity contribution in [3.05, 3.63) is 48.3 Å². The van der Waals surface area contributed by atoms with Crippen LogP contribution in [-0.2, 0) is 11.3 Å². The molecule has 1 atom stereocenters. The van der Waals surface area contributed by atoms with E-state index in [1.165, 1.54) is 0 Å². The fourth-order valence-electron chi connectivity index (χ4n) is 2.11. The van der Waals surface area contributed by atoms with E-state index in [-0.39, 0.29) is 11.9 Å². The van der Waals surface area contributed by atoms with Crippen molar-refractivity contribution in [3.63, 3.8) is 0 Å². The summed E-state index contributed by atoms with van der Waals surface area (Å²) in [6.45, 7) is 5.03. The number of aromatic nitrogens is 2. The maximum absolute atomic E-state index is 12.3. The molecule has 0 saturated carbocycles. The number of benzene rings is 1. The van der Waals surface area contributed by atoms with Crippen molar-refractivity contribution in [2.45, 2.75) is 26.4 Å². The van der Waals surface area contributed by atoms with E-state index < -0.39 is 0 Å². The van der Waals surface area contributed by atoms with E-state index in [1.807, 2.05) is 50.1 Å². The Bertz CT molecular complexity index is 634. The van der Waals surface area contributed by atoms with Crippen molar-refractivity contribution in [1.29, 1.82) is 0 Å². The molecule has 0 saturated heterocycles. The molecule has 122 valence electrons. The number of hydrogen-bond donors (Lipinski definition) is 1. The van der Waals surface area contributed by atoms with E-state index in [9.17, 15) is 4.79 Å². The van der Waals surface area contributed by atoms with Gasteiger partial charge in [-0.2, -0.15) is 0 Å². The Morgan fingerprint density at radius 1 is 1.26 bits per heavy atom. The highest BCUT2D eigenvalue weighted by Gasteiger charge is 2.20. The fraction of sp³-hybridized carbons (Fsp3) is 0.353. The molecule has 2 rings (SSSR count). The minimum absolute atomic E-state index is 0.146. The van der Waals surface area contributed by atoms with E-state index in [0.29, 0.717) is 19.1 Å². The summed E-state index contributed by atoms with van der Waals surface area (Å²) in [5, 5.41) is 2.71. The molecule has 0 radical (unpaired) electrons. The molecule has 0 aliphatic rings. The smallest absolute Gasteiger partial charge is 0.243 e. The first-order valence-corrected chi connectivity index (χ1v) is 7.60. The second kappa shape index (κ2) is 8.24. The molecule has 1 aromatic heterocycles. The monoisotopic (exact) mass is 314 g/mol. The van der Waals surface area contributed by atoms with Crippen molar-refractivity contribution >= 4 is 11.9 Å². The van der Waals surface area contributed by atoms with E-state index in [1.54, 1.807) is 18.5 Å². The lowest BCUT2D eigenvalue weighted by atomic mass is 10.1. The van der Waals surface area contributed by atoms with Crippen molar-refractivity contribution < 1.29 is 9.53 Å². The summed E-state index contributed by atoms with van der Waals surface area (Å²) in [6, 6.07) is 9.23. The molecule has 0 aliphatic carbocycles. The lowest BCUT2D eigenvalue weighted by Gasteiger charge is -2.24. The number of nitrogens with zero attached hydrogens (tertiary/aromatic N) is 3. The summed E-state index contributed by atoms with van der Waals surface area (Å²) < 4.78 is 5.63. The lowest BCUT2D eigenvalue weighted by Crippen LogP contribution is -2.39. The zero-order chi connectivity index (χ0) is 16.7. The summed E-state index contributed by atoms with van der Waals surface area (Å²) in [5.74, 6) is 1.01. The molecule has 1 N–H and O–H groups in total. The number of ether oxygens (including phenoxy) is 1. The summed E-state index contributed by atoms with van der Waals surface area (Å²) in [5.41, 5.74) is 1.05. The van der Waals surface area contributed by atoms with E-state index in [2.05, 4.69) is 15.3 Å². The van der Waals surface area contributed by atoms with Crippen LogP contribution < -0.4 is 10.1 Å². The number of hydrogen-bond acceptors (Lipinski definition) is 5. The predicted octanol–water partition coefficient (Wildman–Crippen LogP) is 2.33. The molecule has 6 nitrogen and oxygen atoms in total. The maximum Gasteiger partial charge on any atom is 0.243 e. The number of para-hydroxylation sites is 1. The molecule has 0 fully saturated rings. The molecule has 2 aromatic rings. The van der Waals surface area contributed by atoms with Crippen molar-refractivity contribution in [2.75, 3.05) is 19.0 Å². The van der Waals surface area contributed by atoms with E-state index in [0.717, 1.165) is 11.3 Å². The number of carbonyl (C=O) groups excluding carboxylic acids is 1. The van der Waals surface area contributed by atoms with E-state index >= 15 is 0 Å². The summed E-state index contributed by atoms with van der Waals surface area (Å²) in [4.78, 5) is 22.2. The number of rotatable bonds is 7. The van der Waals surface area contributed by atoms with Gasteiger partial charge in [0.15, 0.2) is 0 Å². The summed E-state index contributed by atoms with van der Waals surface area (Å²) in [6.07, 6.45) is 3.19. The Kier molecular flexibility index (Phi) is 6.05. The van der Waals surface area contributed by atoms with Crippen LogP contribution in [0.5, 0.6) is 5.75 Å². The first kappa shape index (κ1) is 16.9. The second-order valence-electron chi connectivity index (χ2n) is 5.19. The fourth-order valence-corrected chi connectivity index (χ4v) is 2.11. The minimum atomic E-state index is -0.325. The Balaban J connectivity index is 1.99. The van der Waals surface area contributed by atoms with Gasteiger partial charge in [0.05, 0.1) is 12.6 Å². The number of amides is 1. The van der Waals surface area contributed by atoms with Gasteiger partial charge in [-0.05, 0) is 33.0 Å². The van der Waals surface area contributed by atoms with Crippen LogP contribution in [0.15, 0.2) is 42.7 Å². The van der Waals surface area contributed by atoms with Gasteiger partial charge in [0, 0.05) is 24.5 Å². The van der Waals surface area contributed by atoms with Crippen molar-refractivity contribution in [2.24, 2.45) is 0 Å². The Morgan fingerprint density at radius 3 is 2.65 bits per heavy atom. The standard InChI is InChI=1S/C17H22N4O2/c1-4-23-15-9-6-5-8-14(15)12-21(3)13(2)16(22)20-17-18-10-7-11-19-17/h5-11,13H,4,12H2,1-3H3,(H,18,19,20,22)/t13-/m0/s1. The molecular weight excluding hydrogens is 292 g/mol. The molecular formula is C17H22N4O2. The first-order valence-electron chi connectivity index (χ1n) is 7.60. The predicted molar refractivity (Wildman–Crippen MR) is 89.2 cm³/mol. The molecule has 0 aliphatic heterocycles. The SMILES string of the molecule is CCOc1ccccc1CN(C)[C@@H](C)C(=O)Nc1ncccn1. The van der Waals surface area contributed by atoms with Crippen LogP contribution in [0.1, 0.15) is 19.4 Å². The second-order valence-corrected chi connectivity index (χ2v) is 5.19. The largest absolute Gasteiger partial charge is 0.494 e. The lowest BCUT2D eigenvalue weighted by molar-refractivity contribution is -0.120. The summed E-state index contributed by atoms with van der Waals surface area (Å²) >= 11 is 0. The van der Waals surface area contributed by atoms with Gasteiger partial charge >= 0.3 is 0 Å². The highest BCUT2D eigenvalue weighted by molar-refractivity contribution is 5.92. The highest BCUT2D eigenvalue weighted by Crippen LogP contribution is 2.20. The first-order chi connectivity index (χ1) is 11.1. The van der Waals surface area contributed by atoms with Gasteiger partial charge in [-0.25, -0.2) is 9.97 Å². The Morgan fingerprint density at radius 2 is 1.96 bits per heavy atom. The van der Waals surface area contributed by atoms with E-state index in [4.69, 9.17) is 4.74 Å². The van der Waals surface area contributed by atoms with Gasteiger partial charge in [0.2, 0.25) is 11.9 Å². The average molecular weight is 314 g/mol. The quantitative estimate of drug-likeness (QED) is 0.849. The van der Waals surface area contributed by atoms with Gasteiger partial charge in [-0.1, -0.05) is 18.2 Å². The molecule has 0 unspecified atom stereocenters. The molecule has 23 heavy (non-hydrogen) atoms. The van der Waals surface area contributed by atoms with Gasteiger partial charge < -0.3 is 4.74 Å². The third-order valence-electron chi connectivity index (χ3n) is 3.53. The third-order valence-corrected chi connectivity index (χ3v) is 3.53. The van der Waals surface area contributed by atoms with Gasteiger partial charge in [-0.15, -0.1) is 0 Å². The van der Waals surface area contributed by atoms with Crippen LogP contribution in [0.2, 0.25) is 0 Å². The zero-order valence-electron chi connectivity index (χ0n) is 13.7. The number of likely N-dealkylation sites (N-methyl/N-ethyl adjacent to an activating group) is 1. The maximum atomic E-state index is 12.3. The van der Waals surface area contributed by atoms with Crippen LogP contribution in [0, 0.1) is 0 Å². The van der Waals surface area contributed by atoms with Gasteiger partial charge in [0.1, 0.15) is 5.75 Å². The van der Waals surface area contributed by atoms with Gasteiger partial charge in [-0.3, -0.25) is 15.0 Å². The highest BCUT2D eigenvalue weighted by atomic mass is 16.5. The van der Waals surface area contributed by atoms with Crippen LogP contribution in [0.3, 0.4) is 0 Å². The topological polar surface area (TPSA) is 67.3 Å². The molecule has 1 heterocycles.